The van der Waals surface area contributed by atoms with Crippen molar-refractivity contribution in [3.8, 4) is 0 Å². The number of nitroso groups, excluding NO2 is 1. The number of nitrogens with zero attached hydrogens (tertiary/aromatic N) is 5. The van der Waals surface area contributed by atoms with Crippen molar-refractivity contribution >= 4 is 5.82 Å². The lowest BCUT2D eigenvalue weighted by Gasteiger charge is -2.31. The normalized spacial score (nSPS) is 20.3. The number of aromatic nitrogens is 2. The van der Waals surface area contributed by atoms with E-state index in [1.165, 1.54) is 9.58 Å². The van der Waals surface area contributed by atoms with Crippen LogP contribution in [0.4, 0.5) is 5.82 Å². The summed E-state index contributed by atoms with van der Waals surface area (Å²) in [5, 5.41) is 25.2. The maximum atomic E-state index is 10.9. The van der Waals surface area contributed by atoms with Gasteiger partial charge in [-0.15, -0.1) is 4.91 Å². The Morgan fingerprint density at radius 1 is 1.71 bits per heavy atom. The van der Waals surface area contributed by atoms with E-state index in [-0.39, 0.29) is 24.8 Å². The number of rotatable bonds is 6. The summed E-state index contributed by atoms with van der Waals surface area (Å²) in [6, 6.07) is -0.325. The minimum absolute atomic E-state index is 0.0331. The van der Waals surface area contributed by atoms with Gasteiger partial charge < -0.3 is 20.0 Å². The largest absolute Gasteiger partial charge is 0.389 e. The van der Waals surface area contributed by atoms with Gasteiger partial charge in [-0.05, 0) is 4.92 Å². The molecular weight excluding hydrogens is 282 g/mol. The van der Waals surface area contributed by atoms with E-state index < -0.39 is 11.0 Å². The third-order valence-electron chi connectivity index (χ3n) is 3.46. The lowest BCUT2D eigenvalue weighted by Crippen LogP contribution is -2.44. The minimum atomic E-state index is -0.868. The molecule has 0 bridgehead atoms. The van der Waals surface area contributed by atoms with Crippen LogP contribution >= 0.6 is 0 Å². The van der Waals surface area contributed by atoms with Crippen LogP contribution in [0.2, 0.25) is 0 Å². The van der Waals surface area contributed by atoms with Crippen LogP contribution in [0.5, 0.6) is 0 Å². The molecule has 2 atom stereocenters. The predicted molar refractivity (Wildman–Crippen MR) is 71.4 cm³/mol. The highest BCUT2D eigenvalue weighted by atomic mass is 16.6. The van der Waals surface area contributed by atoms with Gasteiger partial charge in [0.25, 0.3) is 0 Å². The van der Waals surface area contributed by atoms with Gasteiger partial charge in [0.05, 0.1) is 37.2 Å². The Morgan fingerprint density at radius 2 is 2.48 bits per heavy atom. The van der Waals surface area contributed by atoms with Crippen LogP contribution in [-0.4, -0.2) is 56.5 Å². The first-order valence-electron chi connectivity index (χ1n) is 6.55. The Labute approximate surface area is 120 Å². The summed E-state index contributed by atoms with van der Waals surface area (Å²) in [5.41, 5.74) is 0. The van der Waals surface area contributed by atoms with E-state index in [0.29, 0.717) is 25.6 Å². The van der Waals surface area contributed by atoms with Gasteiger partial charge in [-0.1, -0.05) is 0 Å². The molecule has 21 heavy (non-hydrogen) atoms. The Morgan fingerprint density at radius 3 is 3.14 bits per heavy atom. The fraction of sp³-hybridized carbons (Fsp3) is 0.727. The first-order chi connectivity index (χ1) is 10.0. The van der Waals surface area contributed by atoms with Crippen molar-refractivity contribution in [1.82, 2.24) is 14.6 Å². The lowest BCUT2D eigenvalue weighted by molar-refractivity contribution is -0.392. The van der Waals surface area contributed by atoms with Gasteiger partial charge in [0.15, 0.2) is 5.82 Å². The number of aliphatic hydroxyl groups excluding tert-OH is 1. The Balaban J connectivity index is 2.01. The monoisotopic (exact) mass is 299 g/mol. The summed E-state index contributed by atoms with van der Waals surface area (Å²) in [5.74, 6) is 0.280. The third-order valence-corrected chi connectivity index (χ3v) is 3.46. The molecule has 1 aromatic rings. The molecule has 10 heteroatoms. The zero-order valence-corrected chi connectivity index (χ0v) is 11.6. The molecule has 1 fully saturated rings. The van der Waals surface area contributed by atoms with Crippen LogP contribution in [0.1, 0.15) is 12.2 Å². The summed E-state index contributed by atoms with van der Waals surface area (Å²) in [6.45, 7) is 2.76. The Bertz CT molecular complexity index is 519. The molecule has 1 aliphatic rings. The molecule has 1 N–H and O–H groups in total. The highest BCUT2D eigenvalue weighted by molar-refractivity contribution is 5.18. The van der Waals surface area contributed by atoms with Gasteiger partial charge in [-0.25, -0.2) is 9.55 Å². The zero-order valence-electron chi connectivity index (χ0n) is 11.6. The minimum Gasteiger partial charge on any atom is -0.389 e. The molecule has 2 rings (SSSR count). The fourth-order valence-electron chi connectivity index (χ4n) is 2.37. The number of imidazole rings is 1. The second-order valence-corrected chi connectivity index (χ2v) is 4.89. The molecule has 0 amide bonds. The van der Waals surface area contributed by atoms with E-state index in [9.17, 15) is 20.1 Å². The van der Waals surface area contributed by atoms with Crippen molar-refractivity contribution in [2.45, 2.75) is 32.0 Å². The van der Waals surface area contributed by atoms with Crippen molar-refractivity contribution in [2.24, 2.45) is 5.29 Å². The van der Waals surface area contributed by atoms with Crippen LogP contribution in [0, 0.1) is 21.9 Å². The number of morpholine rings is 1. The molecule has 1 saturated heterocycles. The zero-order chi connectivity index (χ0) is 15.4. The van der Waals surface area contributed by atoms with Crippen molar-refractivity contribution in [3.05, 3.63) is 27.0 Å². The molecule has 1 aromatic heterocycles. The number of nitro groups is 1. The van der Waals surface area contributed by atoms with Crippen molar-refractivity contribution in [1.29, 1.82) is 0 Å². The van der Waals surface area contributed by atoms with Crippen LogP contribution in [-0.2, 0) is 11.3 Å². The topological polar surface area (TPSA) is 123 Å². The van der Waals surface area contributed by atoms with Gasteiger partial charge in [0.2, 0.25) is 0 Å². The molecule has 0 aliphatic carbocycles. The average Bonchev–Trinajstić information content (AvgIpc) is 2.81. The average molecular weight is 299 g/mol. The van der Waals surface area contributed by atoms with E-state index in [0.717, 1.165) is 6.20 Å². The van der Waals surface area contributed by atoms with Gasteiger partial charge in [0.1, 0.15) is 12.7 Å². The molecule has 2 heterocycles. The molecule has 0 radical (unpaired) electrons. The summed E-state index contributed by atoms with van der Waals surface area (Å²) >= 11 is 0. The molecular formula is C11H17N5O5. The summed E-state index contributed by atoms with van der Waals surface area (Å²) in [7, 11) is 0. The van der Waals surface area contributed by atoms with Gasteiger partial charge in [0, 0.05) is 13.3 Å². The molecule has 0 spiro atoms. The highest BCUT2D eigenvalue weighted by Crippen LogP contribution is 2.18. The Hall–Kier alpha value is -2.07. The second-order valence-electron chi connectivity index (χ2n) is 4.89. The number of hydrogen-bond donors (Lipinski definition) is 1. The Kier molecular flexibility index (Phi) is 4.81. The van der Waals surface area contributed by atoms with Crippen LogP contribution in [0.3, 0.4) is 0 Å². The van der Waals surface area contributed by atoms with Crippen LogP contribution < -0.4 is 0 Å². The number of ether oxygens (including phenoxy) is 1. The van der Waals surface area contributed by atoms with E-state index in [1.807, 2.05) is 0 Å². The molecule has 0 aromatic carbocycles. The van der Waals surface area contributed by atoms with Crippen molar-refractivity contribution in [3.63, 3.8) is 0 Å². The number of aliphatic hydroxyl groups is 1. The standard InChI is InChI=1S/C11H17N5O5/c1-8-12-5-11(16(19)20)14(8)6-10(17)4-9-7-21-3-2-15(9)13-18/h5,9-10,17H,2-4,6-7H2,1H3. The highest BCUT2D eigenvalue weighted by Gasteiger charge is 2.28. The van der Waals surface area contributed by atoms with Crippen molar-refractivity contribution in [2.75, 3.05) is 19.8 Å². The smallest absolute Gasteiger partial charge is 0.342 e. The molecule has 1 aliphatic heterocycles. The second kappa shape index (κ2) is 6.59. The summed E-state index contributed by atoms with van der Waals surface area (Å²) in [4.78, 5) is 24.9. The molecule has 0 saturated carbocycles. The SMILES string of the molecule is Cc1ncc([N+](=O)[O-])n1CC(O)CC1COCCN1N=O. The van der Waals surface area contributed by atoms with Gasteiger partial charge >= 0.3 is 5.82 Å². The predicted octanol–water partition coefficient (Wildman–Crippen LogP) is 0.233. The summed E-state index contributed by atoms with van der Waals surface area (Å²) in [6.07, 6.45) is 0.526. The molecule has 2 unspecified atom stereocenters. The van der Waals surface area contributed by atoms with Crippen molar-refractivity contribution < 1.29 is 14.8 Å². The maximum Gasteiger partial charge on any atom is 0.342 e. The van der Waals surface area contributed by atoms with E-state index in [2.05, 4.69) is 10.3 Å². The van der Waals surface area contributed by atoms with Gasteiger partial charge in [-0.3, -0.25) is 5.01 Å². The van der Waals surface area contributed by atoms with Gasteiger partial charge in [-0.2, -0.15) is 0 Å². The summed E-state index contributed by atoms with van der Waals surface area (Å²) < 4.78 is 6.60. The number of aryl methyl sites for hydroxylation is 1. The molecule has 10 nitrogen and oxygen atoms in total. The first-order valence-corrected chi connectivity index (χ1v) is 6.55. The maximum absolute atomic E-state index is 10.9. The van der Waals surface area contributed by atoms with E-state index >= 15 is 0 Å². The van der Waals surface area contributed by atoms with E-state index in [1.54, 1.807) is 6.92 Å². The third kappa shape index (κ3) is 3.52. The van der Waals surface area contributed by atoms with E-state index in [4.69, 9.17) is 4.74 Å². The number of hydrogen-bond acceptors (Lipinski definition) is 7. The first kappa shape index (κ1) is 15.3. The van der Waals surface area contributed by atoms with Crippen LogP contribution in [0.25, 0.3) is 0 Å². The fourth-order valence-corrected chi connectivity index (χ4v) is 2.37. The lowest BCUT2D eigenvalue weighted by atomic mass is 10.1. The van der Waals surface area contributed by atoms with Crippen LogP contribution in [0.15, 0.2) is 11.5 Å². The quantitative estimate of drug-likeness (QED) is 0.453. The molecule has 116 valence electrons.